The summed E-state index contributed by atoms with van der Waals surface area (Å²) in [6.07, 6.45) is 0.0859. The van der Waals surface area contributed by atoms with E-state index in [2.05, 4.69) is 10.1 Å². The lowest BCUT2D eigenvalue weighted by Gasteiger charge is -2.22. The van der Waals surface area contributed by atoms with Gasteiger partial charge in [0.15, 0.2) is 5.82 Å². The number of benzene rings is 2. The molecule has 0 aliphatic heterocycles. The number of carbonyl (C=O) groups is 1. The molecule has 0 aliphatic carbocycles. The van der Waals surface area contributed by atoms with Crippen LogP contribution in [-0.2, 0) is 17.8 Å². The van der Waals surface area contributed by atoms with Gasteiger partial charge in [0.2, 0.25) is 11.8 Å². The van der Waals surface area contributed by atoms with Crippen LogP contribution in [0.1, 0.15) is 17.3 Å². The first-order valence-electron chi connectivity index (χ1n) is 7.41. The van der Waals surface area contributed by atoms with Crippen molar-refractivity contribution >= 4 is 11.6 Å². The third-order valence-corrected chi connectivity index (χ3v) is 3.42. The Hall–Kier alpha value is -2.95. The Labute approximate surface area is 134 Å². The highest BCUT2D eigenvalue weighted by Crippen LogP contribution is 2.18. The molecule has 0 radical (unpaired) electrons. The van der Waals surface area contributed by atoms with Crippen LogP contribution in [0.3, 0.4) is 0 Å². The number of anilines is 1. The highest BCUT2D eigenvalue weighted by atomic mass is 16.5. The molecule has 0 spiro atoms. The zero-order valence-electron chi connectivity index (χ0n) is 12.8. The van der Waals surface area contributed by atoms with Crippen LogP contribution in [0.25, 0.3) is 0 Å². The maximum atomic E-state index is 12.7. The number of carbonyl (C=O) groups excluding carboxylic acids is 1. The summed E-state index contributed by atoms with van der Waals surface area (Å²) in [7, 11) is 0. The molecular formula is C18H17N3O2. The number of amides is 1. The molecule has 3 aromatic rings. The van der Waals surface area contributed by atoms with Gasteiger partial charge in [-0.15, -0.1) is 0 Å². The summed E-state index contributed by atoms with van der Waals surface area (Å²) in [6.45, 7) is 2.23. The molecular weight excluding hydrogens is 290 g/mol. The normalized spacial score (nSPS) is 10.5. The second-order valence-corrected chi connectivity index (χ2v) is 5.21. The summed E-state index contributed by atoms with van der Waals surface area (Å²) in [5.41, 5.74) is 1.91. The Morgan fingerprint density at radius 2 is 1.70 bits per heavy atom. The van der Waals surface area contributed by atoms with E-state index in [9.17, 15) is 4.79 Å². The SMILES string of the molecule is Cc1noc(CC(=O)N(Cc2ccccc2)c2ccccc2)n1. The number of hydrogen-bond acceptors (Lipinski definition) is 4. The fourth-order valence-corrected chi connectivity index (χ4v) is 2.33. The Morgan fingerprint density at radius 3 is 2.30 bits per heavy atom. The van der Waals surface area contributed by atoms with E-state index >= 15 is 0 Å². The quantitative estimate of drug-likeness (QED) is 0.726. The lowest BCUT2D eigenvalue weighted by atomic mass is 10.2. The summed E-state index contributed by atoms with van der Waals surface area (Å²) >= 11 is 0. The molecule has 2 aromatic carbocycles. The van der Waals surface area contributed by atoms with Crippen molar-refractivity contribution < 1.29 is 9.32 Å². The summed E-state index contributed by atoms with van der Waals surface area (Å²) in [6, 6.07) is 19.5. The molecule has 0 saturated heterocycles. The van der Waals surface area contributed by atoms with Crippen LogP contribution in [0.15, 0.2) is 65.2 Å². The highest BCUT2D eigenvalue weighted by Gasteiger charge is 2.19. The van der Waals surface area contributed by atoms with Crippen LogP contribution in [0.2, 0.25) is 0 Å². The smallest absolute Gasteiger partial charge is 0.236 e. The van der Waals surface area contributed by atoms with Crippen molar-refractivity contribution in [2.45, 2.75) is 19.9 Å². The fraction of sp³-hybridized carbons (Fsp3) is 0.167. The molecule has 3 rings (SSSR count). The van der Waals surface area contributed by atoms with E-state index in [4.69, 9.17) is 4.52 Å². The van der Waals surface area contributed by atoms with Gasteiger partial charge in [-0.25, -0.2) is 0 Å². The van der Waals surface area contributed by atoms with E-state index in [0.29, 0.717) is 18.3 Å². The predicted octanol–water partition coefficient (Wildman–Crippen LogP) is 3.15. The second-order valence-electron chi connectivity index (χ2n) is 5.21. The number of aryl methyl sites for hydroxylation is 1. The minimum absolute atomic E-state index is 0.0799. The third-order valence-electron chi connectivity index (χ3n) is 3.42. The molecule has 0 aliphatic rings. The van der Waals surface area contributed by atoms with Gasteiger partial charge in [0.05, 0.1) is 6.54 Å². The highest BCUT2D eigenvalue weighted by molar-refractivity contribution is 5.94. The summed E-state index contributed by atoms with van der Waals surface area (Å²) in [5, 5.41) is 3.73. The molecule has 116 valence electrons. The minimum Gasteiger partial charge on any atom is -0.339 e. The van der Waals surface area contributed by atoms with Crippen molar-refractivity contribution in [2.24, 2.45) is 0 Å². The van der Waals surface area contributed by atoms with Crippen molar-refractivity contribution in [2.75, 3.05) is 4.90 Å². The number of aromatic nitrogens is 2. The zero-order chi connectivity index (χ0) is 16.1. The molecule has 5 nitrogen and oxygen atoms in total. The lowest BCUT2D eigenvalue weighted by Crippen LogP contribution is -2.31. The molecule has 23 heavy (non-hydrogen) atoms. The maximum absolute atomic E-state index is 12.7. The van der Waals surface area contributed by atoms with Gasteiger partial charge in [-0.05, 0) is 24.6 Å². The first-order chi connectivity index (χ1) is 11.2. The molecule has 1 amide bonds. The van der Waals surface area contributed by atoms with Gasteiger partial charge in [-0.2, -0.15) is 4.98 Å². The summed E-state index contributed by atoms with van der Waals surface area (Å²) < 4.78 is 5.06. The van der Waals surface area contributed by atoms with Crippen LogP contribution >= 0.6 is 0 Å². The number of hydrogen-bond donors (Lipinski definition) is 0. The Morgan fingerprint density at radius 1 is 1.04 bits per heavy atom. The Kier molecular flexibility index (Phi) is 4.47. The van der Waals surface area contributed by atoms with Crippen molar-refractivity contribution in [1.29, 1.82) is 0 Å². The summed E-state index contributed by atoms with van der Waals surface area (Å²) in [4.78, 5) is 18.6. The topological polar surface area (TPSA) is 59.2 Å². The molecule has 1 aromatic heterocycles. The number of nitrogens with zero attached hydrogens (tertiary/aromatic N) is 3. The standard InChI is InChI=1S/C18H17N3O2/c1-14-19-17(23-20-14)12-18(22)21(16-10-6-3-7-11-16)13-15-8-4-2-5-9-15/h2-11H,12-13H2,1H3. The van der Waals surface area contributed by atoms with Crippen LogP contribution < -0.4 is 4.90 Å². The second kappa shape index (κ2) is 6.87. The molecule has 0 atom stereocenters. The van der Waals surface area contributed by atoms with E-state index < -0.39 is 0 Å². The molecule has 0 bridgehead atoms. The Bertz CT molecular complexity index is 769. The van der Waals surface area contributed by atoms with E-state index in [1.807, 2.05) is 60.7 Å². The molecule has 0 unspecified atom stereocenters. The van der Waals surface area contributed by atoms with Crippen LogP contribution in [-0.4, -0.2) is 16.0 Å². The van der Waals surface area contributed by atoms with Gasteiger partial charge in [0, 0.05) is 5.69 Å². The number of para-hydroxylation sites is 1. The Balaban J connectivity index is 1.84. The lowest BCUT2D eigenvalue weighted by molar-refractivity contribution is -0.118. The van der Waals surface area contributed by atoms with Crippen molar-refractivity contribution in [3.8, 4) is 0 Å². The third kappa shape index (κ3) is 3.83. The van der Waals surface area contributed by atoms with Crippen molar-refractivity contribution in [1.82, 2.24) is 10.1 Å². The maximum Gasteiger partial charge on any atom is 0.236 e. The van der Waals surface area contributed by atoms with Gasteiger partial charge >= 0.3 is 0 Å². The first kappa shape index (κ1) is 15.0. The van der Waals surface area contributed by atoms with Crippen LogP contribution in [0.4, 0.5) is 5.69 Å². The van der Waals surface area contributed by atoms with Gasteiger partial charge in [-0.1, -0.05) is 53.7 Å². The largest absolute Gasteiger partial charge is 0.339 e. The monoisotopic (exact) mass is 307 g/mol. The van der Waals surface area contributed by atoms with Gasteiger partial charge < -0.3 is 9.42 Å². The van der Waals surface area contributed by atoms with E-state index in [0.717, 1.165) is 11.3 Å². The van der Waals surface area contributed by atoms with Crippen LogP contribution in [0.5, 0.6) is 0 Å². The predicted molar refractivity (Wildman–Crippen MR) is 86.8 cm³/mol. The fourth-order valence-electron chi connectivity index (χ4n) is 2.33. The summed E-state index contributed by atoms with van der Waals surface area (Å²) in [5.74, 6) is 0.785. The van der Waals surface area contributed by atoms with Gasteiger partial charge in [-0.3, -0.25) is 4.79 Å². The molecule has 0 N–H and O–H groups in total. The van der Waals surface area contributed by atoms with E-state index in [-0.39, 0.29) is 12.3 Å². The first-order valence-corrected chi connectivity index (χ1v) is 7.41. The van der Waals surface area contributed by atoms with Gasteiger partial charge in [0.25, 0.3) is 0 Å². The number of rotatable bonds is 5. The van der Waals surface area contributed by atoms with Gasteiger partial charge in [0.1, 0.15) is 6.42 Å². The van der Waals surface area contributed by atoms with E-state index in [1.54, 1.807) is 11.8 Å². The molecule has 5 heteroatoms. The molecule has 0 saturated carbocycles. The average Bonchev–Trinajstić information content (AvgIpc) is 2.99. The zero-order valence-corrected chi connectivity index (χ0v) is 12.8. The van der Waals surface area contributed by atoms with E-state index in [1.165, 1.54) is 0 Å². The van der Waals surface area contributed by atoms with Crippen LogP contribution in [0, 0.1) is 6.92 Å². The molecule has 0 fully saturated rings. The van der Waals surface area contributed by atoms with Crippen molar-refractivity contribution in [3.63, 3.8) is 0 Å². The average molecular weight is 307 g/mol. The molecule has 1 heterocycles. The van der Waals surface area contributed by atoms with Crippen molar-refractivity contribution in [3.05, 3.63) is 77.9 Å². The minimum atomic E-state index is -0.0799.